The number of amides is 1. The summed E-state index contributed by atoms with van der Waals surface area (Å²) in [5.74, 6) is -1.79. The van der Waals surface area contributed by atoms with Crippen LogP contribution in [-0.2, 0) is 14.4 Å². The number of ether oxygens (including phenoxy) is 1. The van der Waals surface area contributed by atoms with Crippen LogP contribution in [-0.4, -0.2) is 44.1 Å². The van der Waals surface area contributed by atoms with Crippen molar-refractivity contribution in [3.63, 3.8) is 0 Å². The Hall–Kier alpha value is -4.38. The van der Waals surface area contributed by atoms with Gasteiger partial charge in [-0.3, -0.25) is 24.1 Å². The first kappa shape index (κ1) is 20.5. The lowest BCUT2D eigenvalue weighted by Gasteiger charge is -2.13. The molecule has 0 unspecified atom stereocenters. The van der Waals surface area contributed by atoms with Crippen molar-refractivity contribution in [2.24, 2.45) is 0 Å². The number of para-hydroxylation sites is 2. The Balaban J connectivity index is 1.68. The van der Waals surface area contributed by atoms with E-state index in [0.29, 0.717) is 16.8 Å². The molecule has 10 nitrogen and oxygen atoms in total. The Labute approximate surface area is 189 Å². The SMILES string of the molecule is CC(=O)Oc1ccccc1-c1nc2s/c(=C3\C(=O)N(CC(=O)O)c4ccccc43)c(=O)n2n1. The van der Waals surface area contributed by atoms with Crippen LogP contribution in [0.2, 0.25) is 0 Å². The fourth-order valence-electron chi connectivity index (χ4n) is 3.69. The Morgan fingerprint density at radius 3 is 2.45 bits per heavy atom. The van der Waals surface area contributed by atoms with Crippen molar-refractivity contribution < 1.29 is 24.2 Å². The molecular formula is C22H14N4O6S. The third kappa shape index (κ3) is 3.34. The maximum Gasteiger partial charge on any atom is 0.323 e. The Kier molecular flexibility index (Phi) is 4.75. The average Bonchev–Trinajstić information content (AvgIpc) is 3.40. The fourth-order valence-corrected chi connectivity index (χ4v) is 4.68. The number of hydrogen-bond acceptors (Lipinski definition) is 8. The van der Waals surface area contributed by atoms with Crippen LogP contribution in [0.4, 0.5) is 5.69 Å². The zero-order chi connectivity index (χ0) is 23.3. The summed E-state index contributed by atoms with van der Waals surface area (Å²) in [6.07, 6.45) is 0. The second-order valence-corrected chi connectivity index (χ2v) is 8.11. The number of esters is 1. The topological polar surface area (TPSA) is 131 Å². The maximum absolute atomic E-state index is 13.2. The molecule has 2 aromatic carbocycles. The Morgan fingerprint density at radius 2 is 1.76 bits per heavy atom. The van der Waals surface area contributed by atoms with E-state index in [1.165, 1.54) is 6.92 Å². The molecule has 4 aromatic rings. The van der Waals surface area contributed by atoms with Gasteiger partial charge in [-0.1, -0.05) is 41.7 Å². The number of benzene rings is 2. The fraction of sp³-hybridized carbons (Fsp3) is 0.0909. The van der Waals surface area contributed by atoms with Crippen molar-refractivity contribution in [3.05, 3.63) is 69.0 Å². The average molecular weight is 462 g/mol. The summed E-state index contributed by atoms with van der Waals surface area (Å²) in [5.41, 5.74) is 0.914. The van der Waals surface area contributed by atoms with Crippen LogP contribution in [0.3, 0.4) is 0 Å². The number of aromatic nitrogens is 3. The first-order valence-electron chi connectivity index (χ1n) is 9.70. The van der Waals surface area contributed by atoms with E-state index in [-0.39, 0.29) is 26.6 Å². The van der Waals surface area contributed by atoms with Crippen LogP contribution in [0, 0.1) is 0 Å². The lowest BCUT2D eigenvalue weighted by molar-refractivity contribution is -0.136. The van der Waals surface area contributed by atoms with Gasteiger partial charge >= 0.3 is 11.9 Å². The number of fused-ring (bicyclic) bond motifs is 2. The highest BCUT2D eigenvalue weighted by Crippen LogP contribution is 2.35. The predicted molar refractivity (Wildman–Crippen MR) is 118 cm³/mol. The molecule has 0 spiro atoms. The summed E-state index contributed by atoms with van der Waals surface area (Å²) in [4.78, 5) is 54.7. The van der Waals surface area contributed by atoms with Gasteiger partial charge in [-0.2, -0.15) is 9.50 Å². The third-order valence-corrected chi connectivity index (χ3v) is 6.01. The van der Waals surface area contributed by atoms with E-state index in [1.54, 1.807) is 48.5 Å². The molecule has 33 heavy (non-hydrogen) atoms. The molecule has 1 N–H and O–H groups in total. The van der Waals surface area contributed by atoms with Gasteiger partial charge in [0.25, 0.3) is 11.5 Å². The van der Waals surface area contributed by atoms with Gasteiger partial charge in [0.15, 0.2) is 5.82 Å². The zero-order valence-corrected chi connectivity index (χ0v) is 17.8. The van der Waals surface area contributed by atoms with Gasteiger partial charge in [0.2, 0.25) is 4.96 Å². The molecule has 164 valence electrons. The van der Waals surface area contributed by atoms with Gasteiger partial charge in [-0.05, 0) is 18.2 Å². The van der Waals surface area contributed by atoms with Gasteiger partial charge in [0.05, 0.1) is 16.8 Å². The van der Waals surface area contributed by atoms with E-state index in [9.17, 15) is 24.3 Å². The highest BCUT2D eigenvalue weighted by Gasteiger charge is 2.35. The molecule has 3 heterocycles. The van der Waals surface area contributed by atoms with E-state index in [2.05, 4.69) is 10.1 Å². The summed E-state index contributed by atoms with van der Waals surface area (Å²) in [7, 11) is 0. The molecule has 0 saturated heterocycles. The number of carboxylic acids is 1. The van der Waals surface area contributed by atoms with Crippen LogP contribution in [0.1, 0.15) is 12.5 Å². The molecule has 1 amide bonds. The van der Waals surface area contributed by atoms with Crippen molar-refractivity contribution in [2.45, 2.75) is 6.92 Å². The summed E-state index contributed by atoms with van der Waals surface area (Å²) < 4.78 is 6.41. The largest absolute Gasteiger partial charge is 0.480 e. The first-order chi connectivity index (χ1) is 15.8. The molecular weight excluding hydrogens is 448 g/mol. The Morgan fingerprint density at radius 1 is 1.06 bits per heavy atom. The molecule has 0 radical (unpaired) electrons. The van der Waals surface area contributed by atoms with E-state index in [0.717, 1.165) is 20.8 Å². The van der Waals surface area contributed by atoms with Crippen molar-refractivity contribution in [1.29, 1.82) is 0 Å². The van der Waals surface area contributed by atoms with Gasteiger partial charge in [-0.15, -0.1) is 5.10 Å². The van der Waals surface area contributed by atoms with Crippen molar-refractivity contribution in [3.8, 4) is 17.1 Å². The summed E-state index contributed by atoms with van der Waals surface area (Å²) in [6.45, 7) is 0.755. The first-order valence-corrected chi connectivity index (χ1v) is 10.5. The Bertz CT molecular complexity index is 1590. The van der Waals surface area contributed by atoms with Gasteiger partial charge in [-0.25, -0.2) is 0 Å². The number of hydrogen-bond donors (Lipinski definition) is 1. The molecule has 1 aliphatic heterocycles. The quantitative estimate of drug-likeness (QED) is 0.352. The van der Waals surface area contributed by atoms with E-state index in [4.69, 9.17) is 4.74 Å². The molecule has 0 aliphatic carbocycles. The van der Waals surface area contributed by atoms with Crippen molar-refractivity contribution in [1.82, 2.24) is 14.6 Å². The molecule has 1 aliphatic rings. The van der Waals surface area contributed by atoms with Crippen molar-refractivity contribution >= 4 is 45.4 Å². The highest BCUT2D eigenvalue weighted by atomic mass is 32.1. The number of anilines is 1. The molecule has 0 atom stereocenters. The van der Waals surface area contributed by atoms with Crippen LogP contribution in [0.5, 0.6) is 5.75 Å². The number of carboxylic acid groups (broad SMARTS) is 1. The molecule has 5 rings (SSSR count). The van der Waals surface area contributed by atoms with Gasteiger partial charge in [0, 0.05) is 12.5 Å². The van der Waals surface area contributed by atoms with Crippen LogP contribution in [0.15, 0.2) is 53.3 Å². The molecule has 0 saturated carbocycles. The number of rotatable bonds is 4. The number of carbonyl (C=O) groups is 3. The highest BCUT2D eigenvalue weighted by molar-refractivity contribution is 7.15. The van der Waals surface area contributed by atoms with Crippen molar-refractivity contribution in [2.75, 3.05) is 11.4 Å². The summed E-state index contributed by atoms with van der Waals surface area (Å²) in [6, 6.07) is 13.4. The van der Waals surface area contributed by atoms with Crippen LogP contribution >= 0.6 is 11.3 Å². The monoisotopic (exact) mass is 462 g/mol. The number of carbonyl (C=O) groups excluding carboxylic acids is 2. The molecule has 0 fully saturated rings. The smallest absolute Gasteiger partial charge is 0.323 e. The minimum absolute atomic E-state index is 0.121. The van der Waals surface area contributed by atoms with Crippen LogP contribution in [0.25, 0.3) is 21.9 Å². The second-order valence-electron chi connectivity index (χ2n) is 7.13. The molecule has 11 heteroatoms. The maximum atomic E-state index is 13.2. The zero-order valence-electron chi connectivity index (χ0n) is 17.0. The van der Waals surface area contributed by atoms with Gasteiger partial charge in [0.1, 0.15) is 16.8 Å². The van der Waals surface area contributed by atoms with Gasteiger partial charge < -0.3 is 9.84 Å². The number of thiazole rings is 1. The summed E-state index contributed by atoms with van der Waals surface area (Å²) in [5, 5.41) is 13.5. The van der Waals surface area contributed by atoms with E-state index < -0.39 is 29.9 Å². The standard InChI is InChI=1S/C22H14N4O6S/c1-11(27)32-15-9-5-3-7-13(15)19-23-22-26(24-19)21(31)18(33-22)17-12-6-2-4-8-14(12)25(20(17)30)10-16(28)29/h2-9H,10H2,1H3,(H,28,29)/b18-17-. The lowest BCUT2D eigenvalue weighted by Crippen LogP contribution is -2.35. The third-order valence-electron chi connectivity index (χ3n) is 4.98. The minimum Gasteiger partial charge on any atom is -0.480 e. The lowest BCUT2D eigenvalue weighted by atomic mass is 10.1. The van der Waals surface area contributed by atoms with E-state index in [1.807, 2.05) is 0 Å². The number of nitrogens with zero attached hydrogens (tertiary/aromatic N) is 4. The minimum atomic E-state index is -1.17. The molecule has 0 bridgehead atoms. The normalized spacial score (nSPS) is 14.6. The second kappa shape index (κ2) is 7.64. The van der Waals surface area contributed by atoms with E-state index >= 15 is 0 Å². The predicted octanol–water partition coefficient (Wildman–Crippen LogP) is 1.09. The van der Waals surface area contributed by atoms with Crippen LogP contribution < -0.4 is 19.7 Å². The summed E-state index contributed by atoms with van der Waals surface area (Å²) >= 11 is 0.982. The molecule has 2 aromatic heterocycles. The number of aliphatic carboxylic acids is 1.